The van der Waals surface area contributed by atoms with Crippen LogP contribution < -0.4 is 5.73 Å². The Morgan fingerprint density at radius 3 is 2.34 bits per heavy atom. The third-order valence-electron chi connectivity index (χ3n) is 4.51. The molecule has 0 atom stereocenters. The van der Waals surface area contributed by atoms with Gasteiger partial charge < -0.3 is 10.6 Å². The zero-order chi connectivity index (χ0) is 21.3. The maximum Gasteiger partial charge on any atom is 0.292 e. The molecule has 2 aromatic rings. The van der Waals surface area contributed by atoms with Crippen molar-refractivity contribution >= 4 is 50.5 Å². The maximum atomic E-state index is 12.9. The normalized spacial score (nSPS) is 15.3. The van der Waals surface area contributed by atoms with E-state index in [9.17, 15) is 23.3 Å². The number of anilines is 1. The van der Waals surface area contributed by atoms with Crippen LogP contribution in [0, 0.1) is 10.1 Å². The average Bonchev–Trinajstić information content (AvgIpc) is 2.69. The lowest BCUT2D eigenvalue weighted by molar-refractivity contribution is -0.383. The Labute approximate surface area is 176 Å². The van der Waals surface area contributed by atoms with Gasteiger partial charge in [-0.2, -0.15) is 4.31 Å². The SMILES string of the molecule is Nc1ccc(C(=O)N2CCN(S(=O)(=O)c3cc(Cl)ccc3Cl)CC2)cc1[N+](=O)[O-]. The molecule has 3 rings (SSSR count). The lowest BCUT2D eigenvalue weighted by atomic mass is 10.1. The fourth-order valence-corrected chi connectivity index (χ4v) is 5.12. The number of nitro benzene ring substituents is 1. The summed E-state index contributed by atoms with van der Waals surface area (Å²) in [5.41, 5.74) is 5.27. The fourth-order valence-electron chi connectivity index (χ4n) is 2.96. The topological polar surface area (TPSA) is 127 Å². The minimum Gasteiger partial charge on any atom is -0.393 e. The predicted molar refractivity (Wildman–Crippen MR) is 109 cm³/mol. The summed E-state index contributed by atoms with van der Waals surface area (Å²) in [6.45, 7) is 0.338. The molecule has 0 saturated carbocycles. The van der Waals surface area contributed by atoms with E-state index >= 15 is 0 Å². The number of halogens is 2. The van der Waals surface area contributed by atoms with Gasteiger partial charge >= 0.3 is 0 Å². The number of sulfonamides is 1. The van der Waals surface area contributed by atoms with Crippen LogP contribution in [0.4, 0.5) is 11.4 Å². The Balaban J connectivity index is 1.75. The second-order valence-electron chi connectivity index (χ2n) is 6.30. The summed E-state index contributed by atoms with van der Waals surface area (Å²) >= 11 is 11.9. The van der Waals surface area contributed by atoms with E-state index in [1.54, 1.807) is 0 Å². The molecule has 0 radical (unpaired) electrons. The van der Waals surface area contributed by atoms with Crippen LogP contribution in [0.1, 0.15) is 10.4 Å². The summed E-state index contributed by atoms with van der Waals surface area (Å²) in [5, 5.41) is 11.3. The molecule has 2 aromatic carbocycles. The summed E-state index contributed by atoms with van der Waals surface area (Å²) in [7, 11) is -3.88. The first-order chi connectivity index (χ1) is 13.6. The lowest BCUT2D eigenvalue weighted by Gasteiger charge is -2.34. The Hall–Kier alpha value is -2.40. The standard InChI is InChI=1S/C17H16Cl2N4O5S/c18-12-2-3-13(19)16(10-12)29(27,28)22-7-5-21(6-8-22)17(24)11-1-4-14(20)15(9-11)23(25)26/h1-4,9-10H,5-8,20H2. The molecule has 0 spiro atoms. The van der Waals surface area contributed by atoms with Crippen molar-refractivity contribution in [2.75, 3.05) is 31.9 Å². The predicted octanol–water partition coefficient (Wildman–Crippen LogP) is 2.63. The fraction of sp³-hybridized carbons (Fsp3) is 0.235. The van der Waals surface area contributed by atoms with Crippen LogP contribution >= 0.6 is 23.2 Å². The smallest absolute Gasteiger partial charge is 0.292 e. The maximum absolute atomic E-state index is 12.9. The van der Waals surface area contributed by atoms with Crippen LogP contribution in [-0.2, 0) is 10.0 Å². The van der Waals surface area contributed by atoms with Gasteiger partial charge in [0, 0.05) is 42.8 Å². The molecule has 0 aliphatic carbocycles. The summed E-state index contributed by atoms with van der Waals surface area (Å²) in [6.07, 6.45) is 0. The quantitative estimate of drug-likeness (QED) is 0.426. The van der Waals surface area contributed by atoms with Crippen molar-refractivity contribution in [3.05, 3.63) is 62.1 Å². The van der Waals surface area contributed by atoms with E-state index in [2.05, 4.69) is 0 Å². The number of nitrogen functional groups attached to an aromatic ring is 1. The summed E-state index contributed by atoms with van der Waals surface area (Å²) < 4.78 is 26.9. The monoisotopic (exact) mass is 458 g/mol. The molecule has 9 nitrogen and oxygen atoms in total. The molecule has 0 bridgehead atoms. The third-order valence-corrected chi connectivity index (χ3v) is 7.13. The number of nitrogens with zero attached hydrogens (tertiary/aromatic N) is 3. The molecule has 2 N–H and O–H groups in total. The number of nitrogens with two attached hydrogens (primary N) is 1. The van der Waals surface area contributed by atoms with Gasteiger partial charge in [0.2, 0.25) is 10.0 Å². The highest BCUT2D eigenvalue weighted by Gasteiger charge is 2.32. The largest absolute Gasteiger partial charge is 0.393 e. The van der Waals surface area contributed by atoms with Crippen LogP contribution in [0.15, 0.2) is 41.3 Å². The molecule has 1 aliphatic heterocycles. The highest BCUT2D eigenvalue weighted by Crippen LogP contribution is 2.29. The highest BCUT2D eigenvalue weighted by molar-refractivity contribution is 7.89. The van der Waals surface area contributed by atoms with Gasteiger partial charge in [0.15, 0.2) is 0 Å². The summed E-state index contributed by atoms with van der Waals surface area (Å²) in [5.74, 6) is -0.439. The van der Waals surface area contributed by atoms with Gasteiger partial charge in [0.05, 0.1) is 9.95 Å². The first kappa shape index (κ1) is 21.3. The van der Waals surface area contributed by atoms with Crippen molar-refractivity contribution < 1.29 is 18.1 Å². The van der Waals surface area contributed by atoms with Crippen LogP contribution in [0.5, 0.6) is 0 Å². The number of amides is 1. The zero-order valence-corrected chi connectivity index (χ0v) is 17.2. The molecule has 1 heterocycles. The molecule has 29 heavy (non-hydrogen) atoms. The van der Waals surface area contributed by atoms with Crippen molar-refractivity contribution in [1.29, 1.82) is 0 Å². The number of benzene rings is 2. The molecule has 12 heteroatoms. The number of rotatable bonds is 4. The van der Waals surface area contributed by atoms with Crippen molar-refractivity contribution in [2.45, 2.75) is 4.90 Å². The molecule has 0 unspecified atom stereocenters. The number of hydrogen-bond acceptors (Lipinski definition) is 6. The molecule has 1 fully saturated rings. The minimum atomic E-state index is -3.88. The molecule has 1 saturated heterocycles. The van der Waals surface area contributed by atoms with Gasteiger partial charge in [-0.15, -0.1) is 0 Å². The Bertz CT molecular complexity index is 1090. The third kappa shape index (κ3) is 4.30. The van der Waals surface area contributed by atoms with Gasteiger partial charge in [-0.1, -0.05) is 23.2 Å². The molecule has 1 amide bonds. The Kier molecular flexibility index (Phi) is 5.99. The van der Waals surface area contributed by atoms with Gasteiger partial charge in [-0.3, -0.25) is 14.9 Å². The van der Waals surface area contributed by atoms with Crippen LogP contribution in [0.2, 0.25) is 10.0 Å². The summed E-state index contributed by atoms with van der Waals surface area (Å²) in [4.78, 5) is 24.4. The van der Waals surface area contributed by atoms with Gasteiger partial charge in [0.25, 0.3) is 11.6 Å². The molecule has 1 aliphatic rings. The van der Waals surface area contributed by atoms with E-state index in [4.69, 9.17) is 28.9 Å². The van der Waals surface area contributed by atoms with E-state index in [1.165, 1.54) is 39.5 Å². The zero-order valence-electron chi connectivity index (χ0n) is 14.9. The second-order valence-corrected chi connectivity index (χ2v) is 9.05. The van der Waals surface area contributed by atoms with Crippen LogP contribution in [-0.4, -0.2) is 54.6 Å². The van der Waals surface area contributed by atoms with E-state index in [1.807, 2.05) is 0 Å². The number of carbonyl (C=O) groups excluding carboxylic acids is 1. The molecule has 0 aromatic heterocycles. The van der Waals surface area contributed by atoms with Crippen molar-refractivity contribution in [3.63, 3.8) is 0 Å². The second kappa shape index (κ2) is 8.15. The number of hydrogen-bond donors (Lipinski definition) is 1. The van der Waals surface area contributed by atoms with Crippen molar-refractivity contribution in [3.8, 4) is 0 Å². The van der Waals surface area contributed by atoms with Gasteiger partial charge in [-0.25, -0.2) is 8.42 Å². The molecule has 154 valence electrons. The van der Waals surface area contributed by atoms with Crippen LogP contribution in [0.3, 0.4) is 0 Å². The molecular formula is C17H16Cl2N4O5S. The first-order valence-electron chi connectivity index (χ1n) is 8.39. The van der Waals surface area contributed by atoms with E-state index in [0.29, 0.717) is 0 Å². The Morgan fingerprint density at radius 1 is 1.07 bits per heavy atom. The number of nitro groups is 1. The number of piperazine rings is 1. The first-order valence-corrected chi connectivity index (χ1v) is 10.6. The Morgan fingerprint density at radius 2 is 1.72 bits per heavy atom. The van der Waals surface area contributed by atoms with Gasteiger partial charge in [0.1, 0.15) is 10.6 Å². The van der Waals surface area contributed by atoms with Crippen molar-refractivity contribution in [2.24, 2.45) is 0 Å². The lowest BCUT2D eigenvalue weighted by Crippen LogP contribution is -2.50. The van der Waals surface area contributed by atoms with Crippen LogP contribution in [0.25, 0.3) is 0 Å². The minimum absolute atomic E-state index is 0.0409. The highest BCUT2D eigenvalue weighted by atomic mass is 35.5. The number of carbonyl (C=O) groups is 1. The van der Waals surface area contributed by atoms with E-state index in [0.717, 1.165) is 6.07 Å². The summed E-state index contributed by atoms with van der Waals surface area (Å²) in [6, 6.07) is 8.00. The average molecular weight is 459 g/mol. The van der Waals surface area contributed by atoms with Crippen molar-refractivity contribution in [1.82, 2.24) is 9.21 Å². The molecular weight excluding hydrogens is 443 g/mol. The van der Waals surface area contributed by atoms with Gasteiger partial charge in [-0.05, 0) is 30.3 Å². The van der Waals surface area contributed by atoms with E-state index in [-0.39, 0.29) is 58.1 Å². The van der Waals surface area contributed by atoms with E-state index < -0.39 is 20.9 Å².